The first-order chi connectivity index (χ1) is 13.6. The van der Waals surface area contributed by atoms with Crippen molar-refractivity contribution in [1.29, 1.82) is 0 Å². The van der Waals surface area contributed by atoms with Crippen LogP contribution in [0.15, 0.2) is 48.5 Å². The molecule has 6 nitrogen and oxygen atoms in total. The van der Waals surface area contributed by atoms with Crippen LogP contribution in [0.1, 0.15) is 6.42 Å². The number of H-pyrrole nitrogens is 1. The Morgan fingerprint density at radius 1 is 1.03 bits per heavy atom. The molecule has 0 atom stereocenters. The fourth-order valence-corrected chi connectivity index (χ4v) is 3.29. The minimum Gasteiger partial charge on any atom is -0.497 e. The molecule has 0 radical (unpaired) electrons. The highest BCUT2D eigenvalue weighted by Crippen LogP contribution is 2.28. The molecular weight excluding hydrogens is 421 g/mol. The van der Waals surface area contributed by atoms with E-state index in [0.29, 0.717) is 5.82 Å². The number of anilines is 1. The van der Waals surface area contributed by atoms with E-state index in [1.807, 2.05) is 36.4 Å². The topological polar surface area (TPSA) is 66.1 Å². The van der Waals surface area contributed by atoms with Gasteiger partial charge < -0.3 is 19.9 Å². The standard InChI is InChI=1S/C22H25N5O.2ClH/c1-27(2)12-6-11-23-21-17-7-4-5-8-18(17)25-22(26-21)20-13-15-9-10-16(28-3)14-19(15)24-20;;/h4-5,7-10,13-14,24H,6,11-12H2,1-3H3,(H,23,25,26);2*1H. The van der Waals surface area contributed by atoms with Crippen LogP contribution in [0.5, 0.6) is 5.75 Å². The quantitative estimate of drug-likeness (QED) is 0.390. The van der Waals surface area contributed by atoms with Gasteiger partial charge >= 0.3 is 0 Å². The number of hydrogen-bond donors (Lipinski definition) is 2. The molecule has 2 heterocycles. The van der Waals surface area contributed by atoms with Crippen molar-refractivity contribution >= 4 is 52.4 Å². The van der Waals surface area contributed by atoms with E-state index < -0.39 is 0 Å². The molecule has 0 unspecified atom stereocenters. The number of benzene rings is 2. The Balaban J connectivity index is 0.00000160. The molecule has 0 aliphatic rings. The molecule has 0 aliphatic carbocycles. The number of aromatic amines is 1. The number of fused-ring (bicyclic) bond motifs is 2. The maximum Gasteiger partial charge on any atom is 0.178 e. The van der Waals surface area contributed by atoms with Crippen LogP contribution in [-0.2, 0) is 0 Å². The summed E-state index contributed by atoms with van der Waals surface area (Å²) in [4.78, 5) is 15.2. The summed E-state index contributed by atoms with van der Waals surface area (Å²) in [6.07, 6.45) is 1.05. The number of ether oxygens (including phenoxy) is 1. The molecule has 160 valence electrons. The SMILES string of the molecule is COc1ccc2cc(-c3nc(NCCCN(C)C)c4ccccc4n3)[nH]c2c1.Cl.Cl. The van der Waals surface area contributed by atoms with E-state index in [2.05, 4.69) is 41.4 Å². The van der Waals surface area contributed by atoms with Crippen LogP contribution in [0.2, 0.25) is 0 Å². The van der Waals surface area contributed by atoms with Crippen molar-refractivity contribution < 1.29 is 4.74 Å². The van der Waals surface area contributed by atoms with Crippen molar-refractivity contribution in [1.82, 2.24) is 19.9 Å². The monoisotopic (exact) mass is 447 g/mol. The summed E-state index contributed by atoms with van der Waals surface area (Å²) in [6.45, 7) is 1.90. The molecule has 0 fully saturated rings. The molecule has 2 aromatic heterocycles. The Morgan fingerprint density at radius 2 is 1.83 bits per heavy atom. The normalized spacial score (nSPS) is 10.7. The lowest BCUT2D eigenvalue weighted by Gasteiger charge is -2.12. The molecule has 0 aliphatic heterocycles. The Bertz CT molecular complexity index is 1110. The zero-order chi connectivity index (χ0) is 19.5. The van der Waals surface area contributed by atoms with Gasteiger partial charge in [-0.25, -0.2) is 9.97 Å². The van der Waals surface area contributed by atoms with Gasteiger partial charge in [0, 0.05) is 28.9 Å². The van der Waals surface area contributed by atoms with Crippen molar-refractivity contribution in [2.24, 2.45) is 0 Å². The first-order valence-corrected chi connectivity index (χ1v) is 9.46. The van der Waals surface area contributed by atoms with Gasteiger partial charge in [-0.2, -0.15) is 0 Å². The minimum absolute atomic E-state index is 0. The van der Waals surface area contributed by atoms with Crippen molar-refractivity contribution in [3.8, 4) is 17.3 Å². The fraction of sp³-hybridized carbons (Fsp3) is 0.273. The zero-order valence-electron chi connectivity index (χ0n) is 17.3. The van der Waals surface area contributed by atoms with Gasteiger partial charge in [-0.1, -0.05) is 12.1 Å². The lowest BCUT2D eigenvalue weighted by atomic mass is 10.2. The second-order valence-electron chi connectivity index (χ2n) is 7.13. The number of nitrogens with one attached hydrogen (secondary N) is 2. The van der Waals surface area contributed by atoms with E-state index in [0.717, 1.165) is 58.6 Å². The average molecular weight is 448 g/mol. The molecule has 30 heavy (non-hydrogen) atoms. The number of rotatable bonds is 7. The van der Waals surface area contributed by atoms with Gasteiger partial charge in [0.2, 0.25) is 0 Å². The maximum atomic E-state index is 5.32. The van der Waals surface area contributed by atoms with Gasteiger partial charge in [0.05, 0.1) is 18.3 Å². The maximum absolute atomic E-state index is 5.32. The highest BCUT2D eigenvalue weighted by atomic mass is 35.5. The predicted molar refractivity (Wildman–Crippen MR) is 130 cm³/mol. The van der Waals surface area contributed by atoms with Gasteiger partial charge in [0.15, 0.2) is 5.82 Å². The number of nitrogens with zero attached hydrogens (tertiary/aromatic N) is 3. The number of halogens is 2. The van der Waals surface area contributed by atoms with Crippen LogP contribution >= 0.6 is 24.8 Å². The molecule has 0 amide bonds. The highest BCUT2D eigenvalue weighted by molar-refractivity contribution is 5.92. The summed E-state index contributed by atoms with van der Waals surface area (Å²) in [5.74, 6) is 2.38. The average Bonchev–Trinajstić information content (AvgIpc) is 3.14. The van der Waals surface area contributed by atoms with Gasteiger partial charge in [-0.15, -0.1) is 24.8 Å². The zero-order valence-corrected chi connectivity index (χ0v) is 18.9. The van der Waals surface area contributed by atoms with Crippen LogP contribution in [0, 0.1) is 0 Å². The van der Waals surface area contributed by atoms with Crippen LogP contribution in [0.25, 0.3) is 33.3 Å². The first kappa shape index (κ1) is 23.7. The molecule has 8 heteroatoms. The van der Waals surface area contributed by atoms with Gasteiger partial charge in [-0.3, -0.25) is 0 Å². The van der Waals surface area contributed by atoms with Crippen LogP contribution in [0.4, 0.5) is 5.82 Å². The first-order valence-electron chi connectivity index (χ1n) is 9.46. The Kier molecular flexibility index (Phi) is 8.29. The number of hydrogen-bond acceptors (Lipinski definition) is 5. The van der Waals surface area contributed by atoms with Crippen LogP contribution in [0.3, 0.4) is 0 Å². The second kappa shape index (κ2) is 10.5. The molecule has 0 saturated carbocycles. The van der Waals surface area contributed by atoms with E-state index in [9.17, 15) is 0 Å². The predicted octanol–water partition coefficient (Wildman–Crippen LogP) is 4.99. The largest absolute Gasteiger partial charge is 0.497 e. The van der Waals surface area contributed by atoms with Gasteiger partial charge in [0.1, 0.15) is 11.6 Å². The summed E-state index contributed by atoms with van der Waals surface area (Å²) in [7, 11) is 5.85. The highest BCUT2D eigenvalue weighted by Gasteiger charge is 2.12. The lowest BCUT2D eigenvalue weighted by molar-refractivity contribution is 0.405. The fourth-order valence-electron chi connectivity index (χ4n) is 3.29. The Morgan fingerprint density at radius 3 is 2.60 bits per heavy atom. The summed E-state index contributed by atoms with van der Waals surface area (Å²) in [5.41, 5.74) is 2.83. The van der Waals surface area contributed by atoms with Crippen molar-refractivity contribution in [3.63, 3.8) is 0 Å². The number of para-hydroxylation sites is 1. The summed E-state index contributed by atoms with van der Waals surface area (Å²) >= 11 is 0. The molecule has 0 spiro atoms. The van der Waals surface area contributed by atoms with Crippen LogP contribution in [-0.4, -0.2) is 54.1 Å². The van der Waals surface area contributed by atoms with Crippen molar-refractivity contribution in [2.45, 2.75) is 6.42 Å². The van der Waals surface area contributed by atoms with Crippen molar-refractivity contribution in [3.05, 3.63) is 48.5 Å². The van der Waals surface area contributed by atoms with E-state index in [4.69, 9.17) is 14.7 Å². The molecule has 0 bridgehead atoms. The second-order valence-corrected chi connectivity index (χ2v) is 7.13. The molecule has 2 aromatic carbocycles. The third-order valence-corrected chi connectivity index (χ3v) is 4.75. The minimum atomic E-state index is 0. The smallest absolute Gasteiger partial charge is 0.178 e. The van der Waals surface area contributed by atoms with Gasteiger partial charge in [0.25, 0.3) is 0 Å². The van der Waals surface area contributed by atoms with E-state index >= 15 is 0 Å². The summed E-state index contributed by atoms with van der Waals surface area (Å²) in [5, 5.41) is 5.63. The summed E-state index contributed by atoms with van der Waals surface area (Å²) in [6, 6.07) is 16.2. The third kappa shape index (κ3) is 5.14. The molecule has 2 N–H and O–H groups in total. The van der Waals surface area contributed by atoms with Gasteiger partial charge in [-0.05, 0) is 57.4 Å². The Labute approximate surface area is 188 Å². The van der Waals surface area contributed by atoms with Crippen molar-refractivity contribution in [2.75, 3.05) is 39.6 Å². The molecule has 4 rings (SSSR count). The lowest BCUT2D eigenvalue weighted by Crippen LogP contribution is -2.16. The third-order valence-electron chi connectivity index (χ3n) is 4.75. The number of methoxy groups -OCH3 is 1. The summed E-state index contributed by atoms with van der Waals surface area (Å²) < 4.78 is 5.32. The van der Waals surface area contributed by atoms with E-state index in [-0.39, 0.29) is 24.8 Å². The van der Waals surface area contributed by atoms with Crippen LogP contribution < -0.4 is 10.1 Å². The van der Waals surface area contributed by atoms with E-state index in [1.165, 1.54) is 0 Å². The Hall–Kier alpha value is -2.54. The van der Waals surface area contributed by atoms with E-state index in [1.54, 1.807) is 7.11 Å². The number of aromatic nitrogens is 3. The molecular formula is C22H27Cl2N5O. The molecule has 0 saturated heterocycles. The molecule has 4 aromatic rings.